The lowest BCUT2D eigenvalue weighted by atomic mass is 10.1. The van der Waals surface area contributed by atoms with Gasteiger partial charge in [-0.25, -0.2) is 0 Å². The molecule has 0 amide bonds. The molecule has 0 spiro atoms. The molecule has 1 atom stereocenters. The molecule has 1 fully saturated rings. The average molecular weight is 243 g/mol. The SMILES string of the molecule is CN(C)CC1CCCN1Cc1ccc(C#N)cc1. The van der Waals surface area contributed by atoms with E-state index in [1.807, 2.05) is 12.1 Å². The summed E-state index contributed by atoms with van der Waals surface area (Å²) in [7, 11) is 4.27. The largest absolute Gasteiger partial charge is 0.308 e. The third-order valence-electron chi connectivity index (χ3n) is 3.54. The molecule has 1 aromatic carbocycles. The van der Waals surface area contributed by atoms with Crippen LogP contribution in [0.25, 0.3) is 0 Å². The van der Waals surface area contributed by atoms with Crippen molar-refractivity contribution < 1.29 is 0 Å². The van der Waals surface area contributed by atoms with Crippen LogP contribution in [-0.4, -0.2) is 43.0 Å². The number of nitriles is 1. The van der Waals surface area contributed by atoms with Crippen LogP contribution < -0.4 is 0 Å². The maximum atomic E-state index is 8.79. The van der Waals surface area contributed by atoms with E-state index in [-0.39, 0.29) is 0 Å². The first-order chi connectivity index (χ1) is 8.69. The summed E-state index contributed by atoms with van der Waals surface area (Å²) in [5, 5.41) is 8.79. The minimum absolute atomic E-state index is 0.677. The van der Waals surface area contributed by atoms with E-state index in [1.165, 1.54) is 24.9 Å². The van der Waals surface area contributed by atoms with E-state index < -0.39 is 0 Å². The number of likely N-dealkylation sites (tertiary alicyclic amines) is 1. The monoisotopic (exact) mass is 243 g/mol. The highest BCUT2D eigenvalue weighted by Gasteiger charge is 2.24. The molecule has 1 unspecified atom stereocenters. The molecule has 18 heavy (non-hydrogen) atoms. The summed E-state index contributed by atoms with van der Waals surface area (Å²) >= 11 is 0. The molecular formula is C15H21N3. The number of nitrogens with zero attached hydrogens (tertiary/aromatic N) is 3. The molecule has 0 N–H and O–H groups in total. The van der Waals surface area contributed by atoms with Gasteiger partial charge in [0.2, 0.25) is 0 Å². The van der Waals surface area contributed by atoms with E-state index in [1.54, 1.807) is 0 Å². The third kappa shape index (κ3) is 3.32. The van der Waals surface area contributed by atoms with E-state index >= 15 is 0 Å². The van der Waals surface area contributed by atoms with Gasteiger partial charge in [0.1, 0.15) is 0 Å². The summed E-state index contributed by atoms with van der Waals surface area (Å²) in [5.41, 5.74) is 2.05. The van der Waals surface area contributed by atoms with Gasteiger partial charge in [-0.2, -0.15) is 5.26 Å². The van der Waals surface area contributed by atoms with E-state index in [9.17, 15) is 0 Å². The Morgan fingerprint density at radius 3 is 2.67 bits per heavy atom. The summed E-state index contributed by atoms with van der Waals surface area (Å²) in [4.78, 5) is 4.82. The average Bonchev–Trinajstić information content (AvgIpc) is 2.77. The first-order valence-corrected chi connectivity index (χ1v) is 6.57. The Balaban J connectivity index is 1.97. The van der Waals surface area contributed by atoms with Crippen LogP contribution in [0.15, 0.2) is 24.3 Å². The number of rotatable bonds is 4. The quantitative estimate of drug-likeness (QED) is 0.811. The summed E-state index contributed by atoms with van der Waals surface area (Å²) in [6.07, 6.45) is 2.60. The lowest BCUT2D eigenvalue weighted by Gasteiger charge is -2.27. The van der Waals surface area contributed by atoms with Gasteiger partial charge in [-0.05, 0) is 51.2 Å². The molecule has 1 aromatic rings. The van der Waals surface area contributed by atoms with Crippen molar-refractivity contribution in [3.05, 3.63) is 35.4 Å². The number of hydrogen-bond acceptors (Lipinski definition) is 3. The molecule has 3 nitrogen and oxygen atoms in total. The topological polar surface area (TPSA) is 30.3 Å². The highest BCUT2D eigenvalue weighted by atomic mass is 15.2. The van der Waals surface area contributed by atoms with E-state index in [0.717, 1.165) is 18.7 Å². The van der Waals surface area contributed by atoms with Crippen LogP contribution in [0.3, 0.4) is 0 Å². The van der Waals surface area contributed by atoms with Crippen molar-refractivity contribution in [2.24, 2.45) is 0 Å². The Morgan fingerprint density at radius 1 is 1.33 bits per heavy atom. The van der Waals surface area contributed by atoms with Crippen molar-refractivity contribution in [2.45, 2.75) is 25.4 Å². The molecule has 1 aliphatic heterocycles. The summed E-state index contributed by atoms with van der Waals surface area (Å²) in [6.45, 7) is 3.33. The maximum Gasteiger partial charge on any atom is 0.0991 e. The molecular weight excluding hydrogens is 222 g/mol. The van der Waals surface area contributed by atoms with Crippen LogP contribution in [0.5, 0.6) is 0 Å². The maximum absolute atomic E-state index is 8.79. The fourth-order valence-electron chi connectivity index (χ4n) is 2.65. The fraction of sp³-hybridized carbons (Fsp3) is 0.533. The van der Waals surface area contributed by atoms with Gasteiger partial charge in [-0.1, -0.05) is 12.1 Å². The summed E-state index contributed by atoms with van der Waals surface area (Å²) < 4.78 is 0. The van der Waals surface area contributed by atoms with E-state index in [2.05, 4.69) is 42.1 Å². The van der Waals surface area contributed by atoms with E-state index in [0.29, 0.717) is 6.04 Å². The Morgan fingerprint density at radius 2 is 2.06 bits per heavy atom. The molecule has 1 saturated heterocycles. The molecule has 2 rings (SSSR count). The van der Waals surface area contributed by atoms with Crippen LogP contribution in [0.1, 0.15) is 24.0 Å². The van der Waals surface area contributed by atoms with Crippen molar-refractivity contribution in [2.75, 3.05) is 27.2 Å². The number of likely N-dealkylation sites (N-methyl/N-ethyl adjacent to an activating group) is 1. The lowest BCUT2D eigenvalue weighted by Crippen LogP contribution is -2.37. The highest BCUT2D eigenvalue weighted by molar-refractivity contribution is 5.31. The highest BCUT2D eigenvalue weighted by Crippen LogP contribution is 2.20. The second-order valence-electron chi connectivity index (χ2n) is 5.34. The predicted octanol–water partition coefficient (Wildman–Crippen LogP) is 2.08. The van der Waals surface area contributed by atoms with Gasteiger partial charge in [0.25, 0.3) is 0 Å². The van der Waals surface area contributed by atoms with Gasteiger partial charge in [0.05, 0.1) is 11.6 Å². The van der Waals surface area contributed by atoms with Crippen molar-refractivity contribution >= 4 is 0 Å². The summed E-state index contributed by atoms with van der Waals surface area (Å²) in [6, 6.07) is 10.8. The first kappa shape index (κ1) is 13.1. The molecule has 3 heteroatoms. The zero-order valence-corrected chi connectivity index (χ0v) is 11.3. The number of hydrogen-bond donors (Lipinski definition) is 0. The van der Waals surface area contributed by atoms with Crippen molar-refractivity contribution in [3.8, 4) is 6.07 Å². The summed E-state index contributed by atoms with van der Waals surface area (Å²) in [5.74, 6) is 0. The molecule has 0 aromatic heterocycles. The molecule has 0 bridgehead atoms. The second-order valence-corrected chi connectivity index (χ2v) is 5.34. The third-order valence-corrected chi connectivity index (χ3v) is 3.54. The molecule has 0 radical (unpaired) electrons. The van der Waals surface area contributed by atoms with Crippen LogP contribution >= 0.6 is 0 Å². The lowest BCUT2D eigenvalue weighted by molar-refractivity contribution is 0.201. The zero-order valence-electron chi connectivity index (χ0n) is 11.3. The van der Waals surface area contributed by atoms with Gasteiger partial charge in [-0.15, -0.1) is 0 Å². The van der Waals surface area contributed by atoms with Crippen LogP contribution in [0, 0.1) is 11.3 Å². The van der Waals surface area contributed by atoms with Gasteiger partial charge in [-0.3, -0.25) is 4.90 Å². The van der Waals surface area contributed by atoms with Crippen LogP contribution in [-0.2, 0) is 6.54 Å². The molecule has 0 aliphatic carbocycles. The predicted molar refractivity (Wildman–Crippen MR) is 73.1 cm³/mol. The minimum Gasteiger partial charge on any atom is -0.308 e. The van der Waals surface area contributed by atoms with Gasteiger partial charge in [0, 0.05) is 19.1 Å². The standard InChI is InChI=1S/C15H21N3/c1-17(2)12-15-4-3-9-18(15)11-14-7-5-13(10-16)6-8-14/h5-8,15H,3-4,9,11-12H2,1-2H3. The van der Waals surface area contributed by atoms with Crippen molar-refractivity contribution in [1.29, 1.82) is 5.26 Å². The normalized spacial score (nSPS) is 20.2. The minimum atomic E-state index is 0.677. The zero-order chi connectivity index (χ0) is 13.0. The fourth-order valence-corrected chi connectivity index (χ4v) is 2.65. The number of benzene rings is 1. The Bertz CT molecular complexity index is 416. The molecule has 96 valence electrons. The van der Waals surface area contributed by atoms with Gasteiger partial charge < -0.3 is 4.90 Å². The Labute approximate surface area is 110 Å². The van der Waals surface area contributed by atoms with Crippen LogP contribution in [0.4, 0.5) is 0 Å². The first-order valence-electron chi connectivity index (χ1n) is 6.57. The van der Waals surface area contributed by atoms with Crippen molar-refractivity contribution in [3.63, 3.8) is 0 Å². The van der Waals surface area contributed by atoms with Crippen LogP contribution in [0.2, 0.25) is 0 Å². The van der Waals surface area contributed by atoms with Gasteiger partial charge >= 0.3 is 0 Å². The van der Waals surface area contributed by atoms with Gasteiger partial charge in [0.15, 0.2) is 0 Å². The van der Waals surface area contributed by atoms with Crippen molar-refractivity contribution in [1.82, 2.24) is 9.80 Å². The Hall–Kier alpha value is -1.37. The molecule has 1 heterocycles. The smallest absolute Gasteiger partial charge is 0.0991 e. The Kier molecular flexibility index (Phi) is 4.35. The molecule has 0 saturated carbocycles. The molecule has 1 aliphatic rings. The van der Waals surface area contributed by atoms with E-state index in [4.69, 9.17) is 5.26 Å². The second kappa shape index (κ2) is 5.99.